The number of fused-ring (bicyclic) bond motifs is 2. The normalized spacial score (nSPS) is 20.3. The largest absolute Gasteiger partial charge is 0.457 e. The minimum atomic E-state index is -0.356. The van der Waals surface area contributed by atoms with Crippen molar-refractivity contribution in [2.45, 2.75) is 19.8 Å². The molecular formula is C24H20N2O2. The molecule has 0 saturated heterocycles. The number of carbonyl (C=O) groups is 1. The van der Waals surface area contributed by atoms with Crippen LogP contribution in [0.3, 0.4) is 0 Å². The lowest BCUT2D eigenvalue weighted by Crippen LogP contribution is -2.33. The van der Waals surface area contributed by atoms with Gasteiger partial charge in [-0.1, -0.05) is 54.1 Å². The second-order valence-electron chi connectivity index (χ2n) is 7.36. The molecule has 0 bridgehead atoms. The number of hydrazone groups is 1. The summed E-state index contributed by atoms with van der Waals surface area (Å²) in [6.07, 6.45) is 0. The Morgan fingerprint density at radius 2 is 1.54 bits per heavy atom. The maximum atomic E-state index is 13.5. The minimum absolute atomic E-state index is 0.00198. The molecule has 2 aliphatic heterocycles. The number of aryl methyl sites for hydroxylation is 1. The van der Waals surface area contributed by atoms with Crippen LogP contribution in [0, 0.1) is 12.8 Å². The maximum Gasteiger partial charge on any atom is 0.257 e. The Labute approximate surface area is 164 Å². The Morgan fingerprint density at radius 1 is 0.821 bits per heavy atom. The highest BCUT2D eigenvalue weighted by atomic mass is 16.5. The van der Waals surface area contributed by atoms with E-state index in [0.29, 0.717) is 0 Å². The molecule has 3 aromatic rings. The lowest BCUT2D eigenvalue weighted by atomic mass is 9.76. The van der Waals surface area contributed by atoms with Gasteiger partial charge in [-0.25, -0.2) is 5.01 Å². The van der Waals surface area contributed by atoms with E-state index in [2.05, 4.69) is 24.2 Å². The van der Waals surface area contributed by atoms with Gasteiger partial charge in [0.25, 0.3) is 5.91 Å². The first-order valence-electron chi connectivity index (χ1n) is 9.45. The highest BCUT2D eigenvalue weighted by molar-refractivity contribution is 6.15. The Bertz CT molecular complexity index is 1100. The van der Waals surface area contributed by atoms with Crippen LogP contribution in [0.1, 0.15) is 29.5 Å². The van der Waals surface area contributed by atoms with Gasteiger partial charge in [-0.2, -0.15) is 5.10 Å². The van der Waals surface area contributed by atoms with Crippen LogP contribution < -0.4 is 9.75 Å². The summed E-state index contributed by atoms with van der Waals surface area (Å²) in [6, 6.07) is 23.7. The highest BCUT2D eigenvalue weighted by Crippen LogP contribution is 2.49. The zero-order valence-corrected chi connectivity index (χ0v) is 15.8. The van der Waals surface area contributed by atoms with Crippen LogP contribution in [0.15, 0.2) is 77.9 Å². The van der Waals surface area contributed by atoms with Gasteiger partial charge >= 0.3 is 0 Å². The van der Waals surface area contributed by atoms with Gasteiger partial charge in [-0.05, 0) is 38.1 Å². The molecular weight excluding hydrogens is 348 g/mol. The zero-order valence-electron chi connectivity index (χ0n) is 15.8. The summed E-state index contributed by atoms with van der Waals surface area (Å²) in [7, 11) is 0. The molecule has 28 heavy (non-hydrogen) atoms. The molecule has 4 heteroatoms. The van der Waals surface area contributed by atoms with E-state index >= 15 is 0 Å². The van der Waals surface area contributed by atoms with Crippen LogP contribution in [0.25, 0.3) is 0 Å². The summed E-state index contributed by atoms with van der Waals surface area (Å²) in [4.78, 5) is 13.5. The van der Waals surface area contributed by atoms with E-state index in [0.717, 1.165) is 39.6 Å². The third-order valence-corrected chi connectivity index (χ3v) is 5.49. The number of rotatable bonds is 2. The number of carbonyl (C=O) groups excluding carboxylic acids is 1. The van der Waals surface area contributed by atoms with Crippen molar-refractivity contribution in [2.24, 2.45) is 11.0 Å². The van der Waals surface area contributed by atoms with Crippen LogP contribution in [0.4, 0.5) is 5.69 Å². The van der Waals surface area contributed by atoms with E-state index < -0.39 is 0 Å². The first-order chi connectivity index (χ1) is 13.6. The topological polar surface area (TPSA) is 41.9 Å². The Morgan fingerprint density at radius 3 is 2.36 bits per heavy atom. The van der Waals surface area contributed by atoms with Crippen LogP contribution in [-0.2, 0) is 4.79 Å². The van der Waals surface area contributed by atoms with Crippen LogP contribution >= 0.6 is 0 Å². The summed E-state index contributed by atoms with van der Waals surface area (Å²) in [6.45, 7) is 4.00. The number of ether oxygens (including phenoxy) is 1. The van der Waals surface area contributed by atoms with Crippen molar-refractivity contribution in [2.75, 3.05) is 5.01 Å². The maximum absolute atomic E-state index is 13.5. The average Bonchev–Trinajstić information content (AvgIpc) is 3.01. The fourth-order valence-corrected chi connectivity index (χ4v) is 4.20. The summed E-state index contributed by atoms with van der Waals surface area (Å²) in [5.74, 6) is 1.14. The highest BCUT2D eigenvalue weighted by Gasteiger charge is 2.44. The number of benzene rings is 3. The minimum Gasteiger partial charge on any atom is -0.457 e. The zero-order chi connectivity index (χ0) is 19.3. The van der Waals surface area contributed by atoms with Gasteiger partial charge in [0.15, 0.2) is 0 Å². The van der Waals surface area contributed by atoms with Gasteiger partial charge in [0.05, 0.1) is 11.6 Å². The standard InChI is InChI=1S/C24H20N2O2/c1-15-12-13-21-19(14-15)23(18-10-6-7-11-20(18)28-21)22-16(2)25-26(24(22)27)17-8-4-3-5-9-17/h3-14,22-23H,1-2H3/t22-,23-/m1/s1. The summed E-state index contributed by atoms with van der Waals surface area (Å²) in [5, 5.41) is 6.16. The number of para-hydroxylation sites is 2. The lowest BCUT2D eigenvalue weighted by Gasteiger charge is -2.31. The average molecular weight is 368 g/mol. The molecule has 2 heterocycles. The van der Waals surface area contributed by atoms with Crippen molar-refractivity contribution >= 4 is 17.3 Å². The third kappa shape index (κ3) is 2.53. The molecule has 138 valence electrons. The number of nitrogens with zero attached hydrogens (tertiary/aromatic N) is 2. The molecule has 2 aliphatic rings. The van der Waals surface area contributed by atoms with Gasteiger partial charge in [-0.3, -0.25) is 4.79 Å². The van der Waals surface area contributed by atoms with Crippen molar-refractivity contribution in [1.29, 1.82) is 0 Å². The van der Waals surface area contributed by atoms with E-state index in [4.69, 9.17) is 4.74 Å². The Kier molecular flexibility index (Phi) is 3.79. The fourth-order valence-electron chi connectivity index (χ4n) is 4.20. The summed E-state index contributed by atoms with van der Waals surface area (Å²) < 4.78 is 6.14. The van der Waals surface area contributed by atoms with Crippen LogP contribution in [0.5, 0.6) is 11.5 Å². The summed E-state index contributed by atoms with van der Waals surface area (Å²) >= 11 is 0. The SMILES string of the molecule is CC1=NN(c2ccccc2)C(=O)[C@H]1[C@@H]1c2ccccc2Oc2ccc(C)cc21. The quantitative estimate of drug-likeness (QED) is 0.618. The van der Waals surface area contributed by atoms with Crippen LogP contribution in [-0.4, -0.2) is 11.6 Å². The molecule has 0 unspecified atom stereocenters. The molecule has 0 fully saturated rings. The predicted octanol–water partition coefficient (Wildman–Crippen LogP) is 5.27. The molecule has 0 spiro atoms. The van der Waals surface area contributed by atoms with Gasteiger partial charge in [0, 0.05) is 22.8 Å². The predicted molar refractivity (Wildman–Crippen MR) is 110 cm³/mol. The molecule has 4 nitrogen and oxygen atoms in total. The van der Waals surface area contributed by atoms with E-state index in [9.17, 15) is 4.79 Å². The number of hydrogen-bond acceptors (Lipinski definition) is 3. The number of amides is 1. The summed E-state index contributed by atoms with van der Waals surface area (Å²) in [5.41, 5.74) is 4.83. The molecule has 0 aromatic heterocycles. The Hall–Kier alpha value is -3.40. The van der Waals surface area contributed by atoms with E-state index in [1.807, 2.05) is 67.6 Å². The molecule has 0 saturated carbocycles. The molecule has 0 radical (unpaired) electrons. The molecule has 2 atom stereocenters. The lowest BCUT2D eigenvalue weighted by molar-refractivity contribution is -0.120. The molecule has 0 aliphatic carbocycles. The molecule has 0 N–H and O–H groups in total. The molecule has 3 aromatic carbocycles. The van der Waals surface area contributed by atoms with Gasteiger partial charge in [-0.15, -0.1) is 0 Å². The van der Waals surface area contributed by atoms with E-state index in [1.165, 1.54) is 5.01 Å². The fraction of sp³-hybridized carbons (Fsp3) is 0.167. The van der Waals surface area contributed by atoms with E-state index in [-0.39, 0.29) is 17.7 Å². The van der Waals surface area contributed by atoms with Gasteiger partial charge in [0.1, 0.15) is 11.5 Å². The first-order valence-corrected chi connectivity index (χ1v) is 9.45. The second kappa shape index (κ2) is 6.34. The smallest absolute Gasteiger partial charge is 0.257 e. The van der Waals surface area contributed by atoms with Gasteiger partial charge < -0.3 is 4.74 Å². The Balaban J connectivity index is 1.65. The molecule has 5 rings (SSSR count). The first kappa shape index (κ1) is 16.8. The molecule has 1 amide bonds. The van der Waals surface area contributed by atoms with Gasteiger partial charge in [0.2, 0.25) is 0 Å². The second-order valence-corrected chi connectivity index (χ2v) is 7.36. The van der Waals surface area contributed by atoms with Crippen molar-refractivity contribution in [3.63, 3.8) is 0 Å². The van der Waals surface area contributed by atoms with E-state index in [1.54, 1.807) is 0 Å². The van der Waals surface area contributed by atoms with Crippen LogP contribution in [0.2, 0.25) is 0 Å². The van der Waals surface area contributed by atoms with Crippen molar-refractivity contribution in [3.05, 3.63) is 89.5 Å². The number of hydrogen-bond donors (Lipinski definition) is 0. The number of anilines is 1. The third-order valence-electron chi connectivity index (χ3n) is 5.49. The monoisotopic (exact) mass is 368 g/mol. The van der Waals surface area contributed by atoms with Crippen molar-refractivity contribution in [3.8, 4) is 11.5 Å². The van der Waals surface area contributed by atoms with Crippen molar-refractivity contribution in [1.82, 2.24) is 0 Å². The van der Waals surface area contributed by atoms with Crippen molar-refractivity contribution < 1.29 is 9.53 Å².